The van der Waals surface area contributed by atoms with Gasteiger partial charge in [0.2, 0.25) is 5.91 Å². The number of unbranched alkanes of at least 4 members (excludes halogenated alkanes) is 1. The third kappa shape index (κ3) is 2.19. The van der Waals surface area contributed by atoms with E-state index in [1.807, 2.05) is 18.2 Å². The first-order chi connectivity index (χ1) is 8.15. The summed E-state index contributed by atoms with van der Waals surface area (Å²) in [5, 5.41) is 8.51. The first-order valence-corrected chi connectivity index (χ1v) is 6.18. The molecule has 0 saturated carbocycles. The number of hydrogen-bond donors (Lipinski definition) is 1. The number of amides is 1. The SMILES string of the molecule is N#CCCCN1C(=O)C(N)c2cc(Br)ccc21. The van der Waals surface area contributed by atoms with Gasteiger partial charge in [0.25, 0.3) is 0 Å². The predicted molar refractivity (Wildman–Crippen MR) is 68.3 cm³/mol. The van der Waals surface area contributed by atoms with Gasteiger partial charge < -0.3 is 10.6 Å². The van der Waals surface area contributed by atoms with Crippen LogP contribution < -0.4 is 10.6 Å². The van der Waals surface area contributed by atoms with Gasteiger partial charge in [0.05, 0.1) is 6.07 Å². The standard InChI is InChI=1S/C12H12BrN3O/c13-8-3-4-10-9(7-8)11(15)12(17)16(10)6-2-1-5-14/h3-4,7,11H,1-2,6,15H2. The van der Waals surface area contributed by atoms with Crippen LogP contribution in [0.5, 0.6) is 0 Å². The highest BCUT2D eigenvalue weighted by Crippen LogP contribution is 2.36. The average molecular weight is 294 g/mol. The molecule has 5 heteroatoms. The van der Waals surface area contributed by atoms with Crippen molar-refractivity contribution in [3.8, 4) is 6.07 Å². The third-order valence-corrected chi connectivity index (χ3v) is 3.31. The van der Waals surface area contributed by atoms with Crippen LogP contribution in [0.15, 0.2) is 22.7 Å². The van der Waals surface area contributed by atoms with E-state index in [-0.39, 0.29) is 5.91 Å². The van der Waals surface area contributed by atoms with Crippen molar-refractivity contribution < 1.29 is 4.79 Å². The fraction of sp³-hybridized carbons (Fsp3) is 0.333. The lowest BCUT2D eigenvalue weighted by Gasteiger charge is -2.16. The van der Waals surface area contributed by atoms with Crippen LogP contribution in [0, 0.1) is 11.3 Å². The fourth-order valence-electron chi connectivity index (χ4n) is 1.99. The smallest absolute Gasteiger partial charge is 0.248 e. The molecule has 1 unspecified atom stereocenters. The fourth-order valence-corrected chi connectivity index (χ4v) is 2.37. The maximum atomic E-state index is 12.0. The summed E-state index contributed by atoms with van der Waals surface area (Å²) < 4.78 is 0.915. The van der Waals surface area contributed by atoms with E-state index in [1.165, 1.54) is 0 Å². The zero-order valence-corrected chi connectivity index (χ0v) is 10.8. The van der Waals surface area contributed by atoms with Crippen LogP contribution in [0.25, 0.3) is 0 Å². The molecule has 88 valence electrons. The molecule has 2 rings (SSSR count). The van der Waals surface area contributed by atoms with E-state index >= 15 is 0 Å². The summed E-state index contributed by atoms with van der Waals surface area (Å²) in [6.45, 7) is 0.550. The molecule has 1 aromatic rings. The molecule has 0 fully saturated rings. The van der Waals surface area contributed by atoms with Crippen molar-refractivity contribution in [2.75, 3.05) is 11.4 Å². The second kappa shape index (κ2) is 4.86. The van der Waals surface area contributed by atoms with Crippen LogP contribution in [-0.2, 0) is 4.79 Å². The Bertz CT molecular complexity index is 495. The number of nitrogens with two attached hydrogens (primary N) is 1. The average Bonchev–Trinajstić information content (AvgIpc) is 2.54. The summed E-state index contributed by atoms with van der Waals surface area (Å²) in [7, 11) is 0. The Morgan fingerprint density at radius 1 is 1.53 bits per heavy atom. The summed E-state index contributed by atoms with van der Waals surface area (Å²) in [5.74, 6) is -0.0870. The third-order valence-electron chi connectivity index (χ3n) is 2.82. The molecule has 4 nitrogen and oxygen atoms in total. The van der Waals surface area contributed by atoms with Gasteiger partial charge in [-0.3, -0.25) is 4.79 Å². The van der Waals surface area contributed by atoms with Crippen LogP contribution in [-0.4, -0.2) is 12.5 Å². The topological polar surface area (TPSA) is 70.1 Å². The lowest BCUT2D eigenvalue weighted by Crippen LogP contribution is -2.32. The number of nitriles is 1. The first-order valence-electron chi connectivity index (χ1n) is 5.38. The minimum atomic E-state index is -0.579. The normalized spacial score (nSPS) is 18.1. The molecule has 1 aliphatic rings. The molecular formula is C12H12BrN3O. The van der Waals surface area contributed by atoms with Crippen molar-refractivity contribution in [3.63, 3.8) is 0 Å². The Balaban J connectivity index is 2.26. The van der Waals surface area contributed by atoms with Crippen molar-refractivity contribution in [1.29, 1.82) is 5.26 Å². The Morgan fingerprint density at radius 3 is 3.00 bits per heavy atom. The van der Waals surface area contributed by atoms with Gasteiger partial charge in [-0.05, 0) is 24.6 Å². The highest BCUT2D eigenvalue weighted by atomic mass is 79.9. The van der Waals surface area contributed by atoms with Gasteiger partial charge in [0.15, 0.2) is 0 Å². The molecule has 0 bridgehead atoms. The molecule has 1 atom stereocenters. The van der Waals surface area contributed by atoms with E-state index in [0.717, 1.165) is 15.7 Å². The van der Waals surface area contributed by atoms with Gasteiger partial charge in [-0.25, -0.2) is 0 Å². The van der Waals surface area contributed by atoms with Crippen molar-refractivity contribution >= 4 is 27.5 Å². The highest BCUT2D eigenvalue weighted by molar-refractivity contribution is 9.10. The van der Waals surface area contributed by atoms with Crippen LogP contribution in [0.2, 0.25) is 0 Å². The molecule has 1 aromatic carbocycles. The zero-order chi connectivity index (χ0) is 12.4. The summed E-state index contributed by atoms with van der Waals surface area (Å²) in [5.41, 5.74) is 7.59. The van der Waals surface area contributed by atoms with Gasteiger partial charge in [0.1, 0.15) is 6.04 Å². The highest BCUT2D eigenvalue weighted by Gasteiger charge is 2.34. The Kier molecular flexibility index (Phi) is 3.46. The molecule has 0 radical (unpaired) electrons. The van der Waals surface area contributed by atoms with Crippen LogP contribution in [0.1, 0.15) is 24.4 Å². The number of benzene rings is 1. The van der Waals surface area contributed by atoms with Gasteiger partial charge >= 0.3 is 0 Å². The predicted octanol–water partition coefficient (Wildman–Crippen LogP) is 2.10. The van der Waals surface area contributed by atoms with Gasteiger partial charge in [-0.1, -0.05) is 15.9 Å². The lowest BCUT2D eigenvalue weighted by molar-refractivity contribution is -0.119. The van der Waals surface area contributed by atoms with E-state index in [4.69, 9.17) is 11.0 Å². The minimum absolute atomic E-state index is 0.0870. The molecule has 1 amide bonds. The van der Waals surface area contributed by atoms with Gasteiger partial charge in [-0.15, -0.1) is 0 Å². The monoisotopic (exact) mass is 293 g/mol. The second-order valence-corrected chi connectivity index (χ2v) is 4.85. The summed E-state index contributed by atoms with van der Waals surface area (Å²) >= 11 is 3.37. The number of carbonyl (C=O) groups is 1. The second-order valence-electron chi connectivity index (χ2n) is 3.93. The molecule has 2 N–H and O–H groups in total. The van der Waals surface area contributed by atoms with E-state index in [1.54, 1.807) is 4.90 Å². The number of fused-ring (bicyclic) bond motifs is 1. The van der Waals surface area contributed by atoms with Crippen molar-refractivity contribution in [3.05, 3.63) is 28.2 Å². The molecule has 1 heterocycles. The molecule has 17 heavy (non-hydrogen) atoms. The van der Waals surface area contributed by atoms with E-state index < -0.39 is 6.04 Å². The van der Waals surface area contributed by atoms with Crippen molar-refractivity contribution in [1.82, 2.24) is 0 Å². The Hall–Kier alpha value is -1.38. The molecule has 0 saturated heterocycles. The van der Waals surface area contributed by atoms with Crippen LogP contribution >= 0.6 is 15.9 Å². The lowest BCUT2D eigenvalue weighted by atomic mass is 10.1. The van der Waals surface area contributed by atoms with Crippen molar-refractivity contribution in [2.24, 2.45) is 5.73 Å². The van der Waals surface area contributed by atoms with Crippen LogP contribution in [0.4, 0.5) is 5.69 Å². The molecule has 0 aromatic heterocycles. The van der Waals surface area contributed by atoms with Crippen molar-refractivity contribution in [2.45, 2.75) is 18.9 Å². The van der Waals surface area contributed by atoms with Gasteiger partial charge in [0, 0.05) is 28.7 Å². The molecule has 0 aliphatic carbocycles. The van der Waals surface area contributed by atoms with E-state index in [2.05, 4.69) is 22.0 Å². The quantitative estimate of drug-likeness (QED) is 0.868. The number of rotatable bonds is 3. The molecule has 0 spiro atoms. The maximum absolute atomic E-state index is 12.0. The molecular weight excluding hydrogens is 282 g/mol. The van der Waals surface area contributed by atoms with Crippen LogP contribution in [0.3, 0.4) is 0 Å². The van der Waals surface area contributed by atoms with E-state index in [9.17, 15) is 4.79 Å². The number of halogens is 1. The summed E-state index contributed by atoms with van der Waals surface area (Å²) in [6.07, 6.45) is 1.12. The number of nitrogens with zero attached hydrogens (tertiary/aromatic N) is 2. The van der Waals surface area contributed by atoms with E-state index in [0.29, 0.717) is 19.4 Å². The largest absolute Gasteiger partial charge is 0.316 e. The summed E-state index contributed by atoms with van der Waals surface area (Å²) in [4.78, 5) is 13.6. The Morgan fingerprint density at radius 2 is 2.29 bits per heavy atom. The maximum Gasteiger partial charge on any atom is 0.248 e. The Labute approximate surface area is 108 Å². The minimum Gasteiger partial charge on any atom is -0.316 e. The number of carbonyl (C=O) groups excluding carboxylic acids is 1. The zero-order valence-electron chi connectivity index (χ0n) is 9.19. The number of hydrogen-bond acceptors (Lipinski definition) is 3. The summed E-state index contributed by atoms with van der Waals surface area (Å²) in [6, 6.07) is 7.15. The first kappa shape index (κ1) is 12.1. The van der Waals surface area contributed by atoms with Gasteiger partial charge in [-0.2, -0.15) is 5.26 Å². The number of anilines is 1. The molecule has 1 aliphatic heterocycles.